The maximum Gasteiger partial charge on any atom is 0.333 e. The van der Waals surface area contributed by atoms with Crippen molar-refractivity contribution in [1.82, 2.24) is 0 Å². The van der Waals surface area contributed by atoms with E-state index in [4.69, 9.17) is 9.47 Å². The van der Waals surface area contributed by atoms with Gasteiger partial charge < -0.3 is 9.47 Å². The Hall–Kier alpha value is -0.830. The standard InChI is InChI=1S/C11H18O3/c1-4-5-9(6-10-7-13-10)14-11(12)8(2)3/h9-10H,2,4-7H2,1,3H3. The lowest BCUT2D eigenvalue weighted by Crippen LogP contribution is -2.20. The first kappa shape index (κ1) is 11.2. The summed E-state index contributed by atoms with van der Waals surface area (Å²) in [5, 5.41) is 0. The van der Waals surface area contributed by atoms with Gasteiger partial charge in [0.2, 0.25) is 0 Å². The van der Waals surface area contributed by atoms with Gasteiger partial charge in [-0.2, -0.15) is 0 Å². The molecule has 1 fully saturated rings. The molecule has 3 nitrogen and oxygen atoms in total. The number of esters is 1. The van der Waals surface area contributed by atoms with Crippen molar-refractivity contribution in [1.29, 1.82) is 0 Å². The molecule has 2 atom stereocenters. The van der Waals surface area contributed by atoms with Crippen LogP contribution < -0.4 is 0 Å². The maximum atomic E-state index is 11.3. The van der Waals surface area contributed by atoms with E-state index in [1.54, 1.807) is 6.92 Å². The molecule has 0 spiro atoms. The fourth-order valence-electron chi connectivity index (χ4n) is 1.30. The van der Waals surface area contributed by atoms with Gasteiger partial charge in [-0.3, -0.25) is 0 Å². The Balaban J connectivity index is 2.32. The summed E-state index contributed by atoms with van der Waals surface area (Å²) < 4.78 is 10.4. The van der Waals surface area contributed by atoms with Crippen molar-refractivity contribution >= 4 is 5.97 Å². The fourth-order valence-corrected chi connectivity index (χ4v) is 1.30. The highest BCUT2D eigenvalue weighted by molar-refractivity contribution is 5.87. The Labute approximate surface area is 85.1 Å². The molecule has 3 heteroatoms. The number of hydrogen-bond acceptors (Lipinski definition) is 3. The van der Waals surface area contributed by atoms with Crippen LogP contribution in [0, 0.1) is 0 Å². The molecule has 80 valence electrons. The molecule has 0 aromatic carbocycles. The van der Waals surface area contributed by atoms with Crippen LogP contribution in [0.25, 0.3) is 0 Å². The molecule has 0 aromatic heterocycles. The van der Waals surface area contributed by atoms with Crippen molar-refractivity contribution in [2.75, 3.05) is 6.61 Å². The Morgan fingerprint density at radius 3 is 2.79 bits per heavy atom. The van der Waals surface area contributed by atoms with Crippen molar-refractivity contribution < 1.29 is 14.3 Å². The van der Waals surface area contributed by atoms with Gasteiger partial charge in [0.15, 0.2) is 0 Å². The van der Waals surface area contributed by atoms with Crippen LogP contribution in [0.15, 0.2) is 12.2 Å². The molecular weight excluding hydrogens is 180 g/mol. The minimum atomic E-state index is -0.288. The lowest BCUT2D eigenvalue weighted by atomic mass is 10.1. The number of epoxide rings is 1. The highest BCUT2D eigenvalue weighted by atomic mass is 16.6. The number of ether oxygens (including phenoxy) is 2. The lowest BCUT2D eigenvalue weighted by Gasteiger charge is -2.15. The lowest BCUT2D eigenvalue weighted by molar-refractivity contribution is -0.145. The van der Waals surface area contributed by atoms with Crippen molar-refractivity contribution in [2.45, 2.75) is 45.3 Å². The van der Waals surface area contributed by atoms with Crippen molar-refractivity contribution in [3.63, 3.8) is 0 Å². The first-order valence-electron chi connectivity index (χ1n) is 5.11. The average Bonchev–Trinajstić information content (AvgIpc) is 2.88. The van der Waals surface area contributed by atoms with E-state index in [9.17, 15) is 4.79 Å². The van der Waals surface area contributed by atoms with Crippen LogP contribution in [0.2, 0.25) is 0 Å². The molecule has 1 heterocycles. The van der Waals surface area contributed by atoms with Gasteiger partial charge in [0.25, 0.3) is 0 Å². The maximum absolute atomic E-state index is 11.3. The molecule has 0 bridgehead atoms. The fraction of sp³-hybridized carbons (Fsp3) is 0.727. The summed E-state index contributed by atoms with van der Waals surface area (Å²) >= 11 is 0. The third-order valence-corrected chi connectivity index (χ3v) is 2.16. The van der Waals surface area contributed by atoms with Gasteiger partial charge in [-0.25, -0.2) is 4.79 Å². The highest BCUT2D eigenvalue weighted by Crippen LogP contribution is 2.20. The number of hydrogen-bond donors (Lipinski definition) is 0. The van der Waals surface area contributed by atoms with Crippen LogP contribution in [0.5, 0.6) is 0 Å². The molecular formula is C11H18O3. The Morgan fingerprint density at radius 2 is 2.36 bits per heavy atom. The molecule has 0 aromatic rings. The third-order valence-electron chi connectivity index (χ3n) is 2.16. The molecule has 1 aliphatic rings. The second-order valence-corrected chi connectivity index (χ2v) is 3.79. The quantitative estimate of drug-likeness (QED) is 0.372. The van der Waals surface area contributed by atoms with E-state index >= 15 is 0 Å². The van der Waals surface area contributed by atoms with Crippen LogP contribution in [-0.2, 0) is 14.3 Å². The molecule has 14 heavy (non-hydrogen) atoms. The van der Waals surface area contributed by atoms with Gasteiger partial charge in [-0.05, 0) is 13.3 Å². The van der Waals surface area contributed by atoms with Gasteiger partial charge in [-0.15, -0.1) is 0 Å². The predicted octanol–water partition coefficient (Wildman–Crippen LogP) is 2.06. The second-order valence-electron chi connectivity index (χ2n) is 3.79. The number of carbonyl (C=O) groups excluding carboxylic acids is 1. The summed E-state index contributed by atoms with van der Waals surface area (Å²) in [6, 6.07) is 0. The van der Waals surface area contributed by atoms with Crippen LogP contribution in [0.3, 0.4) is 0 Å². The van der Waals surface area contributed by atoms with Crippen LogP contribution >= 0.6 is 0 Å². The molecule has 1 rings (SSSR count). The zero-order valence-electron chi connectivity index (χ0n) is 8.91. The Kier molecular flexibility index (Phi) is 4.14. The minimum absolute atomic E-state index is 0.00306. The third kappa shape index (κ3) is 3.92. The van der Waals surface area contributed by atoms with E-state index in [1.165, 1.54) is 0 Å². The van der Waals surface area contributed by atoms with E-state index in [0.717, 1.165) is 25.9 Å². The number of rotatable bonds is 6. The summed E-state index contributed by atoms with van der Waals surface area (Å²) in [5.41, 5.74) is 0.461. The van der Waals surface area contributed by atoms with Crippen LogP contribution in [0.4, 0.5) is 0 Å². The monoisotopic (exact) mass is 198 g/mol. The van der Waals surface area contributed by atoms with Crippen molar-refractivity contribution in [3.05, 3.63) is 12.2 Å². The normalized spacial score (nSPS) is 21.4. The van der Waals surface area contributed by atoms with E-state index in [2.05, 4.69) is 13.5 Å². The summed E-state index contributed by atoms with van der Waals surface area (Å²) in [4.78, 5) is 11.3. The first-order chi connectivity index (χ1) is 6.63. The molecule has 1 saturated heterocycles. The molecule has 0 N–H and O–H groups in total. The Bertz CT molecular complexity index is 219. The summed E-state index contributed by atoms with van der Waals surface area (Å²) in [7, 11) is 0. The SMILES string of the molecule is C=C(C)C(=O)OC(CCC)CC1CO1. The first-order valence-corrected chi connectivity index (χ1v) is 5.11. The minimum Gasteiger partial charge on any atom is -0.459 e. The average molecular weight is 198 g/mol. The van der Waals surface area contributed by atoms with Gasteiger partial charge in [0.05, 0.1) is 12.7 Å². The number of carbonyl (C=O) groups is 1. The van der Waals surface area contributed by atoms with E-state index < -0.39 is 0 Å². The van der Waals surface area contributed by atoms with E-state index in [1.807, 2.05) is 0 Å². The molecule has 0 amide bonds. The molecule has 0 saturated carbocycles. The van der Waals surface area contributed by atoms with Gasteiger partial charge in [0.1, 0.15) is 6.10 Å². The molecule has 0 aliphatic carbocycles. The van der Waals surface area contributed by atoms with Gasteiger partial charge >= 0.3 is 5.97 Å². The molecule has 0 radical (unpaired) electrons. The van der Waals surface area contributed by atoms with Crippen molar-refractivity contribution in [3.8, 4) is 0 Å². The topological polar surface area (TPSA) is 38.8 Å². The Morgan fingerprint density at radius 1 is 1.71 bits per heavy atom. The highest BCUT2D eigenvalue weighted by Gasteiger charge is 2.28. The summed E-state index contributed by atoms with van der Waals surface area (Å²) in [5.74, 6) is -0.288. The molecule has 2 unspecified atom stereocenters. The van der Waals surface area contributed by atoms with Crippen LogP contribution in [0.1, 0.15) is 33.1 Å². The second kappa shape index (κ2) is 5.15. The smallest absolute Gasteiger partial charge is 0.333 e. The largest absolute Gasteiger partial charge is 0.459 e. The van der Waals surface area contributed by atoms with Crippen molar-refractivity contribution in [2.24, 2.45) is 0 Å². The van der Waals surface area contributed by atoms with E-state index in [-0.39, 0.29) is 12.1 Å². The predicted molar refractivity (Wildman–Crippen MR) is 54.0 cm³/mol. The van der Waals surface area contributed by atoms with Gasteiger partial charge in [0, 0.05) is 12.0 Å². The zero-order chi connectivity index (χ0) is 10.6. The summed E-state index contributed by atoms with van der Waals surface area (Å²) in [6.07, 6.45) is 3.05. The van der Waals surface area contributed by atoms with E-state index in [0.29, 0.717) is 11.7 Å². The summed E-state index contributed by atoms with van der Waals surface area (Å²) in [6.45, 7) is 8.11. The van der Waals surface area contributed by atoms with Crippen LogP contribution in [-0.4, -0.2) is 24.8 Å². The zero-order valence-corrected chi connectivity index (χ0v) is 8.91. The molecule has 1 aliphatic heterocycles. The van der Waals surface area contributed by atoms with Gasteiger partial charge in [-0.1, -0.05) is 19.9 Å².